The second-order valence-electron chi connectivity index (χ2n) is 5.93. The predicted octanol–water partition coefficient (Wildman–Crippen LogP) is 3.26. The minimum absolute atomic E-state index is 0.108. The minimum Gasteiger partial charge on any atom is -0.481 e. The van der Waals surface area contributed by atoms with E-state index in [1.807, 2.05) is 42.5 Å². The third kappa shape index (κ3) is 6.10. The number of carbonyl (C=O) groups excluding carboxylic acids is 1. The lowest BCUT2D eigenvalue weighted by atomic mass is 9.82. The number of carboxylic acid groups (broad SMARTS) is 1. The molecule has 1 saturated carbocycles. The van der Waals surface area contributed by atoms with Gasteiger partial charge >= 0.3 is 5.97 Å². The number of nitrogens with one attached hydrogen (secondary N) is 1. The summed E-state index contributed by atoms with van der Waals surface area (Å²) in [6.07, 6.45) is 10.2. The molecule has 4 heteroatoms. The van der Waals surface area contributed by atoms with Crippen molar-refractivity contribution in [1.29, 1.82) is 0 Å². The Morgan fingerprint density at radius 2 is 1.78 bits per heavy atom. The average molecular weight is 313 g/mol. The molecule has 1 aromatic rings. The van der Waals surface area contributed by atoms with Crippen LogP contribution in [-0.2, 0) is 9.59 Å². The highest BCUT2D eigenvalue weighted by Gasteiger charge is 2.25. The van der Waals surface area contributed by atoms with E-state index >= 15 is 0 Å². The summed E-state index contributed by atoms with van der Waals surface area (Å²) in [5.74, 6) is -0.614. The van der Waals surface area contributed by atoms with Gasteiger partial charge in [0.1, 0.15) is 0 Å². The van der Waals surface area contributed by atoms with Gasteiger partial charge in [0.15, 0.2) is 0 Å². The first-order chi connectivity index (χ1) is 11.1. The van der Waals surface area contributed by atoms with Crippen LogP contribution in [0, 0.1) is 11.8 Å². The summed E-state index contributed by atoms with van der Waals surface area (Å²) >= 11 is 0. The predicted molar refractivity (Wildman–Crippen MR) is 90.7 cm³/mol. The largest absolute Gasteiger partial charge is 0.481 e. The highest BCUT2D eigenvalue weighted by atomic mass is 16.4. The van der Waals surface area contributed by atoms with Crippen LogP contribution in [0.5, 0.6) is 0 Å². The molecule has 23 heavy (non-hydrogen) atoms. The Kier molecular flexibility index (Phi) is 6.60. The van der Waals surface area contributed by atoms with Crippen LogP contribution in [0.4, 0.5) is 0 Å². The van der Waals surface area contributed by atoms with Gasteiger partial charge in [-0.05, 0) is 37.2 Å². The molecule has 0 radical (unpaired) electrons. The number of allylic oxidation sites excluding steroid dienone is 2. The highest BCUT2D eigenvalue weighted by Crippen LogP contribution is 2.28. The van der Waals surface area contributed by atoms with Crippen LogP contribution in [0.1, 0.15) is 31.2 Å². The molecule has 0 spiro atoms. The molecule has 0 aromatic heterocycles. The van der Waals surface area contributed by atoms with E-state index in [0.29, 0.717) is 25.3 Å². The van der Waals surface area contributed by atoms with Gasteiger partial charge in [0.05, 0.1) is 5.92 Å². The first-order valence-electron chi connectivity index (χ1n) is 8.05. The summed E-state index contributed by atoms with van der Waals surface area (Å²) in [5.41, 5.74) is 1.09. The fraction of sp³-hybridized carbons (Fsp3) is 0.368. The molecule has 1 aliphatic rings. The molecule has 1 aliphatic carbocycles. The van der Waals surface area contributed by atoms with Gasteiger partial charge in [-0.3, -0.25) is 9.59 Å². The topological polar surface area (TPSA) is 66.4 Å². The summed E-state index contributed by atoms with van der Waals surface area (Å²) < 4.78 is 0. The standard InChI is InChI=1S/C19H23NO3/c21-18(9-5-4-8-15-6-2-1-3-7-15)20-14-16-10-12-17(13-11-16)19(22)23/h1-9,16-17H,10-14H2,(H,20,21)(H,22,23)/b8-4+,9-5+. The van der Waals surface area contributed by atoms with E-state index in [0.717, 1.165) is 18.4 Å². The summed E-state index contributed by atoms with van der Waals surface area (Å²) in [6.45, 7) is 0.623. The first kappa shape index (κ1) is 17.0. The van der Waals surface area contributed by atoms with Gasteiger partial charge in [0.25, 0.3) is 0 Å². The van der Waals surface area contributed by atoms with Crippen LogP contribution in [0.25, 0.3) is 6.08 Å². The van der Waals surface area contributed by atoms with Crippen molar-refractivity contribution >= 4 is 18.0 Å². The zero-order valence-corrected chi connectivity index (χ0v) is 13.2. The fourth-order valence-corrected chi connectivity index (χ4v) is 2.79. The maximum atomic E-state index is 11.7. The second kappa shape index (κ2) is 8.93. The van der Waals surface area contributed by atoms with Crippen molar-refractivity contribution in [2.75, 3.05) is 6.54 Å². The van der Waals surface area contributed by atoms with Crippen LogP contribution < -0.4 is 5.32 Å². The quantitative estimate of drug-likeness (QED) is 0.626. The highest BCUT2D eigenvalue weighted by molar-refractivity contribution is 5.87. The Labute approximate surface area is 136 Å². The molecule has 1 amide bonds. The number of rotatable bonds is 6. The smallest absolute Gasteiger partial charge is 0.306 e. The number of hydrogen-bond acceptors (Lipinski definition) is 2. The third-order valence-corrected chi connectivity index (χ3v) is 4.21. The van der Waals surface area contributed by atoms with Crippen LogP contribution >= 0.6 is 0 Å². The van der Waals surface area contributed by atoms with Gasteiger partial charge in [-0.1, -0.05) is 48.6 Å². The number of hydrogen-bond donors (Lipinski definition) is 2. The molecule has 2 rings (SSSR count). The lowest BCUT2D eigenvalue weighted by Gasteiger charge is -2.25. The lowest BCUT2D eigenvalue weighted by Crippen LogP contribution is -2.31. The Morgan fingerprint density at radius 3 is 2.43 bits per heavy atom. The first-order valence-corrected chi connectivity index (χ1v) is 8.05. The van der Waals surface area contributed by atoms with E-state index in [4.69, 9.17) is 5.11 Å². The van der Waals surface area contributed by atoms with Crippen LogP contribution in [0.2, 0.25) is 0 Å². The van der Waals surface area contributed by atoms with Crippen LogP contribution in [0.15, 0.2) is 48.6 Å². The van der Waals surface area contributed by atoms with E-state index < -0.39 is 5.97 Å². The zero-order valence-electron chi connectivity index (χ0n) is 13.2. The molecule has 0 aliphatic heterocycles. The van der Waals surface area contributed by atoms with Gasteiger partial charge in [-0.2, -0.15) is 0 Å². The zero-order chi connectivity index (χ0) is 16.5. The van der Waals surface area contributed by atoms with E-state index in [-0.39, 0.29) is 11.8 Å². The summed E-state index contributed by atoms with van der Waals surface area (Å²) in [5, 5.41) is 11.8. The fourth-order valence-electron chi connectivity index (χ4n) is 2.79. The van der Waals surface area contributed by atoms with Gasteiger partial charge in [0.2, 0.25) is 5.91 Å². The van der Waals surface area contributed by atoms with Crippen molar-refractivity contribution in [3.05, 3.63) is 54.1 Å². The molecule has 2 N–H and O–H groups in total. The Bertz CT molecular complexity index is 570. The van der Waals surface area contributed by atoms with Crippen molar-refractivity contribution in [2.45, 2.75) is 25.7 Å². The van der Waals surface area contributed by atoms with Crippen molar-refractivity contribution in [1.82, 2.24) is 5.32 Å². The SMILES string of the molecule is O=C(/C=C/C=C/c1ccccc1)NCC1CCC(C(=O)O)CC1. The molecular formula is C19H23NO3. The summed E-state index contributed by atoms with van der Waals surface area (Å²) in [4.78, 5) is 22.6. The number of amides is 1. The molecule has 1 fully saturated rings. The molecule has 0 unspecified atom stereocenters. The molecule has 0 atom stereocenters. The number of carbonyl (C=O) groups is 2. The third-order valence-electron chi connectivity index (χ3n) is 4.21. The maximum absolute atomic E-state index is 11.7. The minimum atomic E-state index is -0.694. The molecule has 4 nitrogen and oxygen atoms in total. The van der Waals surface area contributed by atoms with Gasteiger partial charge in [-0.15, -0.1) is 0 Å². The van der Waals surface area contributed by atoms with Crippen LogP contribution in [0.3, 0.4) is 0 Å². The number of benzene rings is 1. The normalized spacial score (nSPS) is 21.6. The summed E-state index contributed by atoms with van der Waals surface area (Å²) in [7, 11) is 0. The molecule has 0 saturated heterocycles. The second-order valence-corrected chi connectivity index (χ2v) is 5.93. The van der Waals surface area contributed by atoms with E-state index in [1.54, 1.807) is 6.08 Å². The van der Waals surface area contributed by atoms with E-state index in [2.05, 4.69) is 5.32 Å². The van der Waals surface area contributed by atoms with Crippen molar-refractivity contribution in [3.8, 4) is 0 Å². The Balaban J connectivity index is 1.66. The summed E-state index contributed by atoms with van der Waals surface area (Å²) in [6, 6.07) is 9.89. The van der Waals surface area contributed by atoms with E-state index in [9.17, 15) is 9.59 Å². The lowest BCUT2D eigenvalue weighted by molar-refractivity contribution is -0.143. The Morgan fingerprint density at radius 1 is 1.09 bits per heavy atom. The number of aliphatic carboxylic acids is 1. The molecule has 1 aromatic carbocycles. The number of carboxylic acids is 1. The monoisotopic (exact) mass is 313 g/mol. The van der Waals surface area contributed by atoms with Gasteiger partial charge < -0.3 is 10.4 Å². The molecular weight excluding hydrogens is 290 g/mol. The van der Waals surface area contributed by atoms with Gasteiger partial charge in [0, 0.05) is 12.6 Å². The van der Waals surface area contributed by atoms with Crippen molar-refractivity contribution < 1.29 is 14.7 Å². The van der Waals surface area contributed by atoms with Crippen molar-refractivity contribution in [2.24, 2.45) is 11.8 Å². The molecule has 0 bridgehead atoms. The van der Waals surface area contributed by atoms with Crippen molar-refractivity contribution in [3.63, 3.8) is 0 Å². The average Bonchev–Trinajstić information content (AvgIpc) is 2.58. The molecule has 0 heterocycles. The van der Waals surface area contributed by atoms with E-state index in [1.165, 1.54) is 6.08 Å². The maximum Gasteiger partial charge on any atom is 0.306 e. The van der Waals surface area contributed by atoms with Crippen LogP contribution in [-0.4, -0.2) is 23.5 Å². The Hall–Kier alpha value is -2.36. The van der Waals surface area contributed by atoms with Gasteiger partial charge in [-0.25, -0.2) is 0 Å². The molecule has 122 valence electrons.